The summed E-state index contributed by atoms with van der Waals surface area (Å²) in [6.07, 6.45) is 0. The molecule has 162 valence electrons. The lowest BCUT2D eigenvalue weighted by molar-refractivity contribution is 0.0932. The minimum atomic E-state index is -0.637. The molecule has 7 nitrogen and oxygen atoms in total. The van der Waals surface area contributed by atoms with Crippen LogP contribution < -0.4 is 5.32 Å². The second kappa shape index (κ2) is 9.36. The van der Waals surface area contributed by atoms with Crippen LogP contribution in [0.25, 0.3) is 5.69 Å². The molecular weight excluding hydrogens is 421 g/mol. The molecule has 0 saturated carbocycles. The molecule has 0 spiro atoms. The van der Waals surface area contributed by atoms with Crippen molar-refractivity contribution in [1.82, 2.24) is 25.0 Å². The third-order valence-corrected chi connectivity index (χ3v) is 4.54. The van der Waals surface area contributed by atoms with E-state index in [1.54, 1.807) is 18.2 Å². The third-order valence-electron chi connectivity index (χ3n) is 4.30. The first-order valence-corrected chi connectivity index (χ1v) is 10.1. The maximum atomic E-state index is 14.3. The molecule has 31 heavy (non-hydrogen) atoms. The topological polar surface area (TPSA) is 80.1 Å². The summed E-state index contributed by atoms with van der Waals surface area (Å²) in [6, 6.07) is 10.3. The summed E-state index contributed by atoms with van der Waals surface area (Å²) < 4.78 is 15.7. The summed E-state index contributed by atoms with van der Waals surface area (Å²) in [5.41, 5.74) is 0.419. The Morgan fingerprint density at radius 1 is 1.16 bits per heavy atom. The zero-order valence-corrected chi connectivity index (χ0v) is 18.4. The van der Waals surface area contributed by atoms with Gasteiger partial charge in [-0.1, -0.05) is 23.7 Å². The molecule has 1 N–H and O–H groups in total. The van der Waals surface area contributed by atoms with Crippen LogP contribution in [0.3, 0.4) is 0 Å². The highest BCUT2D eigenvalue weighted by Crippen LogP contribution is 2.25. The molecule has 2 aromatic carbocycles. The number of hydrogen-bond donors (Lipinski definition) is 1. The Bertz CT molecular complexity index is 1130. The number of benzene rings is 2. The van der Waals surface area contributed by atoms with Crippen LogP contribution in [0.15, 0.2) is 42.5 Å². The van der Waals surface area contributed by atoms with Crippen LogP contribution in [-0.4, -0.2) is 51.5 Å². The smallest absolute Gasteiger partial charge is 0.291 e. The molecule has 1 amide bonds. The van der Waals surface area contributed by atoms with Crippen molar-refractivity contribution >= 4 is 23.3 Å². The number of rotatable bonds is 7. The summed E-state index contributed by atoms with van der Waals surface area (Å²) in [5.74, 6) is -1.18. The van der Waals surface area contributed by atoms with Crippen molar-refractivity contribution < 1.29 is 14.0 Å². The van der Waals surface area contributed by atoms with Crippen LogP contribution in [-0.2, 0) is 6.54 Å². The van der Waals surface area contributed by atoms with Crippen molar-refractivity contribution in [3.8, 4) is 5.69 Å². The lowest BCUT2D eigenvalue weighted by Gasteiger charge is -2.14. The Kier molecular flexibility index (Phi) is 6.82. The molecule has 0 radical (unpaired) electrons. The van der Waals surface area contributed by atoms with Crippen LogP contribution in [0.2, 0.25) is 5.02 Å². The maximum absolute atomic E-state index is 14.3. The number of nitrogens with one attached hydrogen (secondary N) is 1. The SMILES string of the molecule is CC(C)NC(=O)c1nc(CN(C)C)n(-c2ccc(Cl)cc2C(=O)c2ccccc2F)n1. The summed E-state index contributed by atoms with van der Waals surface area (Å²) in [4.78, 5) is 31.9. The number of nitrogens with zero attached hydrogens (tertiary/aromatic N) is 4. The number of ketones is 1. The van der Waals surface area contributed by atoms with Gasteiger partial charge < -0.3 is 10.2 Å². The van der Waals surface area contributed by atoms with E-state index < -0.39 is 17.5 Å². The van der Waals surface area contributed by atoms with Gasteiger partial charge in [-0.25, -0.2) is 14.1 Å². The molecule has 0 bridgehead atoms. The number of halogens is 2. The molecule has 1 heterocycles. The van der Waals surface area contributed by atoms with Gasteiger partial charge in [0.25, 0.3) is 5.91 Å². The molecule has 0 atom stereocenters. The first kappa shape index (κ1) is 22.6. The number of carbonyl (C=O) groups excluding carboxylic acids is 2. The average molecular weight is 444 g/mol. The van der Waals surface area contributed by atoms with Gasteiger partial charge in [-0.05, 0) is 58.3 Å². The minimum absolute atomic E-state index is 0.0233. The van der Waals surface area contributed by atoms with E-state index in [1.165, 1.54) is 28.9 Å². The molecule has 0 saturated heterocycles. The van der Waals surface area contributed by atoms with Gasteiger partial charge in [-0.2, -0.15) is 0 Å². The Morgan fingerprint density at radius 3 is 2.52 bits per heavy atom. The first-order valence-electron chi connectivity index (χ1n) is 9.68. The van der Waals surface area contributed by atoms with Crippen molar-refractivity contribution in [3.05, 3.63) is 76.1 Å². The Balaban J connectivity index is 2.16. The zero-order chi connectivity index (χ0) is 22.7. The first-order chi connectivity index (χ1) is 14.7. The highest BCUT2D eigenvalue weighted by atomic mass is 35.5. The van der Waals surface area contributed by atoms with Crippen LogP contribution in [0.1, 0.15) is 46.2 Å². The van der Waals surface area contributed by atoms with Crippen LogP contribution in [0, 0.1) is 5.82 Å². The van der Waals surface area contributed by atoms with E-state index in [1.807, 2.05) is 32.8 Å². The molecule has 3 rings (SSSR count). The van der Waals surface area contributed by atoms with Gasteiger partial charge in [0, 0.05) is 16.6 Å². The number of amides is 1. The fourth-order valence-electron chi connectivity index (χ4n) is 3.01. The van der Waals surface area contributed by atoms with E-state index in [9.17, 15) is 14.0 Å². The van der Waals surface area contributed by atoms with E-state index in [4.69, 9.17) is 11.6 Å². The fourth-order valence-corrected chi connectivity index (χ4v) is 3.18. The van der Waals surface area contributed by atoms with Crippen molar-refractivity contribution in [2.45, 2.75) is 26.4 Å². The van der Waals surface area contributed by atoms with Gasteiger partial charge in [0.15, 0.2) is 5.78 Å². The lowest BCUT2D eigenvalue weighted by Crippen LogP contribution is -2.31. The predicted octanol–water partition coefficient (Wildman–Crippen LogP) is 3.49. The highest BCUT2D eigenvalue weighted by Gasteiger charge is 2.24. The lowest BCUT2D eigenvalue weighted by atomic mass is 10.0. The van der Waals surface area contributed by atoms with Crippen LogP contribution in [0.5, 0.6) is 0 Å². The fraction of sp³-hybridized carbons (Fsp3) is 0.273. The normalized spacial score (nSPS) is 11.2. The molecule has 0 aliphatic carbocycles. The highest BCUT2D eigenvalue weighted by molar-refractivity contribution is 6.31. The van der Waals surface area contributed by atoms with Gasteiger partial charge in [0.2, 0.25) is 5.82 Å². The predicted molar refractivity (Wildman–Crippen MR) is 116 cm³/mol. The van der Waals surface area contributed by atoms with Crippen LogP contribution >= 0.6 is 11.6 Å². The molecule has 0 unspecified atom stereocenters. The molecule has 0 aliphatic heterocycles. The number of carbonyl (C=O) groups is 2. The van der Waals surface area contributed by atoms with Crippen molar-refractivity contribution in [2.75, 3.05) is 14.1 Å². The van der Waals surface area contributed by atoms with Gasteiger partial charge in [-0.3, -0.25) is 9.59 Å². The molecule has 0 fully saturated rings. The molecule has 9 heteroatoms. The third kappa shape index (κ3) is 5.15. The van der Waals surface area contributed by atoms with E-state index in [2.05, 4.69) is 15.4 Å². The van der Waals surface area contributed by atoms with Crippen molar-refractivity contribution in [3.63, 3.8) is 0 Å². The van der Waals surface area contributed by atoms with Gasteiger partial charge in [0.1, 0.15) is 11.6 Å². The summed E-state index contributed by atoms with van der Waals surface area (Å²) in [7, 11) is 3.69. The summed E-state index contributed by atoms with van der Waals surface area (Å²) in [5, 5.41) is 7.42. The van der Waals surface area contributed by atoms with Crippen LogP contribution in [0.4, 0.5) is 4.39 Å². The average Bonchev–Trinajstić information content (AvgIpc) is 3.10. The molecule has 0 aliphatic rings. The standard InChI is InChI=1S/C22H23ClFN5O2/c1-13(2)25-22(31)21-26-19(12-28(3)4)29(27-21)18-10-9-14(23)11-16(18)20(30)15-7-5-6-8-17(15)24/h5-11,13H,12H2,1-4H3,(H,25,31). The van der Waals surface area contributed by atoms with Gasteiger partial charge >= 0.3 is 0 Å². The largest absolute Gasteiger partial charge is 0.347 e. The quantitative estimate of drug-likeness (QED) is 0.565. The zero-order valence-electron chi connectivity index (χ0n) is 17.7. The molecule has 3 aromatic rings. The summed E-state index contributed by atoms with van der Waals surface area (Å²) in [6.45, 7) is 4.03. The van der Waals surface area contributed by atoms with Crippen molar-refractivity contribution in [1.29, 1.82) is 0 Å². The Hall–Kier alpha value is -3.10. The number of aromatic nitrogens is 3. The van der Waals surface area contributed by atoms with Gasteiger partial charge in [0.05, 0.1) is 17.8 Å². The monoisotopic (exact) mass is 443 g/mol. The molecular formula is C22H23ClFN5O2. The summed E-state index contributed by atoms with van der Waals surface area (Å²) >= 11 is 6.15. The minimum Gasteiger partial charge on any atom is -0.347 e. The molecule has 1 aromatic heterocycles. The van der Waals surface area contributed by atoms with Crippen molar-refractivity contribution in [2.24, 2.45) is 0 Å². The van der Waals surface area contributed by atoms with E-state index in [0.29, 0.717) is 23.1 Å². The van der Waals surface area contributed by atoms with E-state index in [0.717, 1.165) is 0 Å². The Morgan fingerprint density at radius 2 is 1.87 bits per heavy atom. The second-order valence-electron chi connectivity index (χ2n) is 7.60. The number of hydrogen-bond acceptors (Lipinski definition) is 5. The Labute approximate surface area is 184 Å². The van der Waals surface area contributed by atoms with E-state index in [-0.39, 0.29) is 23.0 Å². The second-order valence-corrected chi connectivity index (χ2v) is 8.04. The van der Waals surface area contributed by atoms with Gasteiger partial charge in [-0.15, -0.1) is 5.10 Å². The maximum Gasteiger partial charge on any atom is 0.291 e. The van der Waals surface area contributed by atoms with E-state index >= 15 is 0 Å².